The van der Waals surface area contributed by atoms with Crippen molar-refractivity contribution in [1.29, 1.82) is 0 Å². The molecule has 0 atom stereocenters. The Morgan fingerprint density at radius 3 is 2.25 bits per heavy atom. The van der Waals surface area contributed by atoms with E-state index in [0.29, 0.717) is 5.56 Å². The van der Waals surface area contributed by atoms with Gasteiger partial charge in [0, 0.05) is 18.6 Å². The molecule has 0 aliphatic rings. The number of aliphatic carboxylic acids is 1. The lowest BCUT2D eigenvalue weighted by Crippen LogP contribution is -2.15. The first-order valence-corrected chi connectivity index (χ1v) is 5.55. The van der Waals surface area contributed by atoms with Crippen molar-refractivity contribution in [3.63, 3.8) is 0 Å². The Bertz CT molecular complexity index is 535. The lowest BCUT2D eigenvalue weighted by molar-refractivity contribution is -0.384. The molecule has 0 aliphatic carbocycles. The Morgan fingerprint density at radius 1 is 1.15 bits per heavy atom. The van der Waals surface area contributed by atoms with Gasteiger partial charge < -0.3 is 9.84 Å². The number of rotatable bonds is 7. The fraction of sp³-hybridized carbons (Fsp3) is 0.250. The van der Waals surface area contributed by atoms with Crippen molar-refractivity contribution >= 4 is 23.4 Å². The average molecular weight is 281 g/mol. The van der Waals surface area contributed by atoms with Gasteiger partial charge in [-0.3, -0.25) is 19.7 Å². The van der Waals surface area contributed by atoms with Gasteiger partial charge in [-0.2, -0.15) is 0 Å². The number of Topliss-reactive ketones (excluding diaryl/α,β-unsaturated/α-hetero) is 1. The first-order valence-electron chi connectivity index (χ1n) is 5.55. The number of carboxylic acids is 1. The summed E-state index contributed by atoms with van der Waals surface area (Å²) in [6.07, 6.45) is -0.744. The molecule has 106 valence electrons. The standard InChI is InChI=1S/C12H11NO7/c14-10(12(16)17)5-6-11(15)20-7-8-1-3-9(4-2-8)13(18)19/h1-4H,5-7H2,(H,16,17). The quantitative estimate of drug-likeness (QED) is 0.343. The first kappa shape index (κ1) is 15.3. The number of non-ortho nitro benzene ring substituents is 1. The van der Waals surface area contributed by atoms with Gasteiger partial charge in [0.2, 0.25) is 5.78 Å². The van der Waals surface area contributed by atoms with Crippen molar-refractivity contribution < 1.29 is 29.2 Å². The van der Waals surface area contributed by atoms with Crippen LogP contribution >= 0.6 is 0 Å². The van der Waals surface area contributed by atoms with E-state index in [1.54, 1.807) is 0 Å². The maximum absolute atomic E-state index is 11.2. The fourth-order valence-corrected chi connectivity index (χ4v) is 1.27. The molecule has 20 heavy (non-hydrogen) atoms. The number of hydrogen-bond donors (Lipinski definition) is 1. The zero-order chi connectivity index (χ0) is 15.1. The predicted molar refractivity (Wildman–Crippen MR) is 64.8 cm³/mol. The number of carboxylic acid groups (broad SMARTS) is 1. The molecule has 0 spiro atoms. The smallest absolute Gasteiger partial charge is 0.372 e. The number of nitrogens with zero attached hydrogens (tertiary/aromatic N) is 1. The van der Waals surface area contributed by atoms with Gasteiger partial charge in [-0.05, 0) is 17.7 Å². The van der Waals surface area contributed by atoms with E-state index in [1.807, 2.05) is 0 Å². The van der Waals surface area contributed by atoms with Gasteiger partial charge in [-0.1, -0.05) is 0 Å². The first-order chi connectivity index (χ1) is 9.40. The van der Waals surface area contributed by atoms with E-state index in [2.05, 4.69) is 0 Å². The van der Waals surface area contributed by atoms with Gasteiger partial charge in [0.15, 0.2) is 0 Å². The molecule has 8 nitrogen and oxygen atoms in total. The molecule has 1 rings (SSSR count). The van der Waals surface area contributed by atoms with Crippen molar-refractivity contribution in [2.24, 2.45) is 0 Å². The zero-order valence-electron chi connectivity index (χ0n) is 10.3. The number of hydrogen-bond acceptors (Lipinski definition) is 6. The van der Waals surface area contributed by atoms with Crippen LogP contribution in [0.5, 0.6) is 0 Å². The summed E-state index contributed by atoms with van der Waals surface area (Å²) in [6, 6.07) is 5.43. The van der Waals surface area contributed by atoms with E-state index < -0.39 is 29.1 Å². The number of benzene rings is 1. The lowest BCUT2D eigenvalue weighted by atomic mass is 10.2. The van der Waals surface area contributed by atoms with E-state index in [-0.39, 0.29) is 18.7 Å². The maximum atomic E-state index is 11.2. The molecule has 0 bridgehead atoms. The molecule has 1 aromatic carbocycles. The summed E-state index contributed by atoms with van der Waals surface area (Å²) in [5.41, 5.74) is 0.473. The number of esters is 1. The van der Waals surface area contributed by atoms with Gasteiger partial charge in [0.25, 0.3) is 5.69 Å². The van der Waals surface area contributed by atoms with Gasteiger partial charge >= 0.3 is 11.9 Å². The summed E-state index contributed by atoms with van der Waals surface area (Å²) >= 11 is 0. The van der Waals surface area contributed by atoms with Crippen molar-refractivity contribution in [1.82, 2.24) is 0 Å². The van der Waals surface area contributed by atoms with E-state index in [0.717, 1.165) is 0 Å². The van der Waals surface area contributed by atoms with Crippen LogP contribution in [-0.2, 0) is 25.7 Å². The van der Waals surface area contributed by atoms with Crippen LogP contribution in [0.1, 0.15) is 18.4 Å². The maximum Gasteiger partial charge on any atom is 0.372 e. The van der Waals surface area contributed by atoms with E-state index in [4.69, 9.17) is 9.84 Å². The molecule has 0 unspecified atom stereocenters. The SMILES string of the molecule is O=C(CCC(=O)C(=O)O)OCc1ccc([N+](=O)[O-])cc1. The highest BCUT2D eigenvalue weighted by Crippen LogP contribution is 2.12. The molecule has 0 radical (unpaired) electrons. The summed E-state index contributed by atoms with van der Waals surface area (Å²) in [6.45, 7) is -0.0991. The second kappa shape index (κ2) is 6.98. The number of ether oxygens (including phenoxy) is 1. The number of nitro benzene ring substituents is 1. The molecule has 0 saturated carbocycles. The van der Waals surface area contributed by atoms with Gasteiger partial charge in [0.1, 0.15) is 6.61 Å². The van der Waals surface area contributed by atoms with Gasteiger partial charge in [-0.25, -0.2) is 4.79 Å². The van der Waals surface area contributed by atoms with E-state index in [1.165, 1.54) is 24.3 Å². The Balaban J connectivity index is 2.39. The topological polar surface area (TPSA) is 124 Å². The fourth-order valence-electron chi connectivity index (χ4n) is 1.27. The van der Waals surface area contributed by atoms with E-state index in [9.17, 15) is 24.5 Å². The van der Waals surface area contributed by atoms with Crippen molar-refractivity contribution in [2.45, 2.75) is 19.4 Å². The molecule has 0 amide bonds. The van der Waals surface area contributed by atoms with Crippen LogP contribution < -0.4 is 0 Å². The molecule has 0 aromatic heterocycles. The molecule has 8 heteroatoms. The molecule has 0 saturated heterocycles. The summed E-state index contributed by atoms with van der Waals surface area (Å²) < 4.78 is 4.80. The Morgan fingerprint density at radius 2 is 1.75 bits per heavy atom. The summed E-state index contributed by atoms with van der Waals surface area (Å²) in [7, 11) is 0. The Labute approximate surface area is 113 Å². The minimum atomic E-state index is -1.59. The van der Waals surface area contributed by atoms with Crippen molar-refractivity contribution in [3.05, 3.63) is 39.9 Å². The van der Waals surface area contributed by atoms with Crippen LogP contribution in [0.25, 0.3) is 0 Å². The van der Waals surface area contributed by atoms with Crippen molar-refractivity contribution in [2.75, 3.05) is 0 Å². The molecule has 0 aliphatic heterocycles. The highest BCUT2D eigenvalue weighted by atomic mass is 16.6. The Hall–Kier alpha value is -2.77. The third-order valence-corrected chi connectivity index (χ3v) is 2.34. The molecule has 1 aromatic rings. The number of ketones is 1. The minimum absolute atomic E-state index is 0.0767. The van der Waals surface area contributed by atoms with Crippen LogP contribution in [0.15, 0.2) is 24.3 Å². The lowest BCUT2D eigenvalue weighted by Gasteiger charge is -2.04. The number of nitro groups is 1. The molecular weight excluding hydrogens is 270 g/mol. The summed E-state index contributed by atoms with van der Waals surface area (Å²) in [5, 5.41) is 18.7. The van der Waals surface area contributed by atoms with Crippen LogP contribution in [0.3, 0.4) is 0 Å². The third-order valence-electron chi connectivity index (χ3n) is 2.34. The largest absolute Gasteiger partial charge is 0.476 e. The highest BCUT2D eigenvalue weighted by molar-refractivity contribution is 6.32. The predicted octanol–water partition coefficient (Wildman–Crippen LogP) is 1.07. The number of carbonyl (C=O) groups excluding carboxylic acids is 2. The second-order valence-electron chi connectivity index (χ2n) is 3.81. The molecule has 1 N–H and O–H groups in total. The summed E-state index contributed by atoms with van der Waals surface area (Å²) in [5.74, 6) is -3.36. The van der Waals surface area contributed by atoms with Crippen molar-refractivity contribution in [3.8, 4) is 0 Å². The van der Waals surface area contributed by atoms with Gasteiger partial charge in [0.05, 0.1) is 11.3 Å². The number of carbonyl (C=O) groups is 3. The minimum Gasteiger partial charge on any atom is -0.476 e. The third kappa shape index (κ3) is 4.84. The molecular formula is C12H11NO7. The van der Waals surface area contributed by atoms with Crippen LogP contribution in [0.4, 0.5) is 5.69 Å². The highest BCUT2D eigenvalue weighted by Gasteiger charge is 2.14. The molecule has 0 fully saturated rings. The van der Waals surface area contributed by atoms with Crippen LogP contribution in [0.2, 0.25) is 0 Å². The normalized spacial score (nSPS) is 9.80. The average Bonchev–Trinajstić information content (AvgIpc) is 2.42. The van der Waals surface area contributed by atoms with Crippen LogP contribution in [0, 0.1) is 10.1 Å². The zero-order valence-corrected chi connectivity index (χ0v) is 10.3. The summed E-state index contributed by atoms with van der Waals surface area (Å²) in [4.78, 5) is 42.1. The van der Waals surface area contributed by atoms with Crippen LogP contribution in [-0.4, -0.2) is 27.8 Å². The Kier molecular flexibility index (Phi) is 5.33. The van der Waals surface area contributed by atoms with Gasteiger partial charge in [-0.15, -0.1) is 0 Å². The second-order valence-corrected chi connectivity index (χ2v) is 3.81. The monoisotopic (exact) mass is 281 g/mol. The molecule has 0 heterocycles. The van der Waals surface area contributed by atoms with E-state index >= 15 is 0 Å².